The Balaban J connectivity index is 2.38. The normalized spacial score (nSPS) is 12.3. The van der Waals surface area contributed by atoms with Gasteiger partial charge in [-0.25, -0.2) is 8.42 Å². The van der Waals surface area contributed by atoms with Crippen LogP contribution < -0.4 is 9.62 Å². The van der Waals surface area contributed by atoms with Crippen LogP contribution in [0.5, 0.6) is 0 Å². The van der Waals surface area contributed by atoms with Gasteiger partial charge in [-0.15, -0.1) is 0 Å². The van der Waals surface area contributed by atoms with Crippen molar-refractivity contribution in [3.05, 3.63) is 64.1 Å². The van der Waals surface area contributed by atoms with Crippen molar-refractivity contribution in [1.82, 2.24) is 10.2 Å². The summed E-state index contributed by atoms with van der Waals surface area (Å²) in [4.78, 5) is 27.4. The number of nitrogens with zero attached hydrogens (tertiary/aromatic N) is 2. The van der Waals surface area contributed by atoms with Gasteiger partial charge in [-0.1, -0.05) is 41.4 Å². The second-order valence-corrected chi connectivity index (χ2v) is 10.5. The van der Waals surface area contributed by atoms with Crippen LogP contribution in [0.4, 0.5) is 5.69 Å². The molecular formula is C22H27Cl2N3O4S. The topological polar surface area (TPSA) is 86.8 Å². The van der Waals surface area contributed by atoms with Gasteiger partial charge in [0.15, 0.2) is 0 Å². The first-order valence-electron chi connectivity index (χ1n) is 9.96. The lowest BCUT2D eigenvalue weighted by atomic mass is 10.1. The molecule has 2 aromatic rings. The summed E-state index contributed by atoms with van der Waals surface area (Å²) in [5.41, 5.74) is 1.01. The highest BCUT2D eigenvalue weighted by Crippen LogP contribution is 2.22. The number of rotatable bonds is 9. The minimum absolute atomic E-state index is 0.107. The third kappa shape index (κ3) is 7.39. The van der Waals surface area contributed by atoms with Crippen LogP contribution in [0.3, 0.4) is 0 Å². The number of sulfonamides is 1. The molecular weight excluding hydrogens is 473 g/mol. The molecule has 1 N–H and O–H groups in total. The van der Waals surface area contributed by atoms with Crippen LogP contribution in [0.15, 0.2) is 48.5 Å². The number of carbonyl (C=O) groups excluding carboxylic acids is 2. The van der Waals surface area contributed by atoms with Crippen LogP contribution in [-0.4, -0.2) is 50.0 Å². The maximum Gasteiger partial charge on any atom is 0.244 e. The monoisotopic (exact) mass is 499 g/mol. The van der Waals surface area contributed by atoms with Gasteiger partial charge in [-0.2, -0.15) is 0 Å². The summed E-state index contributed by atoms with van der Waals surface area (Å²) in [7, 11) is -3.80. The van der Waals surface area contributed by atoms with Crippen LogP contribution >= 0.6 is 23.2 Å². The molecule has 0 heterocycles. The number of amides is 2. The van der Waals surface area contributed by atoms with E-state index < -0.39 is 28.5 Å². The summed E-state index contributed by atoms with van der Waals surface area (Å²) in [5.74, 6) is -0.868. The molecule has 0 radical (unpaired) electrons. The van der Waals surface area contributed by atoms with Gasteiger partial charge < -0.3 is 10.2 Å². The van der Waals surface area contributed by atoms with E-state index in [0.29, 0.717) is 10.0 Å². The summed E-state index contributed by atoms with van der Waals surface area (Å²) in [6.45, 7) is 4.87. The fraction of sp³-hybridized carbons (Fsp3) is 0.364. The van der Waals surface area contributed by atoms with E-state index in [1.54, 1.807) is 49.4 Å². The fourth-order valence-electron chi connectivity index (χ4n) is 3.02. The van der Waals surface area contributed by atoms with Crippen molar-refractivity contribution in [3.8, 4) is 0 Å². The number of halogens is 2. The first-order chi connectivity index (χ1) is 14.9. The molecule has 0 saturated heterocycles. The molecule has 0 aliphatic carbocycles. The summed E-state index contributed by atoms with van der Waals surface area (Å²) in [6.07, 6.45) is 1.01. The molecule has 7 nitrogen and oxygen atoms in total. The minimum Gasteiger partial charge on any atom is -0.352 e. The van der Waals surface area contributed by atoms with Crippen molar-refractivity contribution in [1.29, 1.82) is 0 Å². The molecule has 0 unspecified atom stereocenters. The molecule has 0 aliphatic heterocycles. The number of carbonyl (C=O) groups is 2. The zero-order valence-electron chi connectivity index (χ0n) is 18.4. The maximum atomic E-state index is 13.3. The van der Waals surface area contributed by atoms with Gasteiger partial charge in [0, 0.05) is 22.6 Å². The summed E-state index contributed by atoms with van der Waals surface area (Å²) in [5, 5.41) is 3.67. The average molecular weight is 500 g/mol. The standard InChI is InChI=1S/C22H27Cl2N3O4S/c1-15(2)25-22(29)16(3)26(13-17-8-10-18(23)11-9-17)21(28)14-27(32(4,30)31)20-7-5-6-19(24)12-20/h5-12,15-16H,13-14H2,1-4H3,(H,25,29)/t16-/m0/s1. The Morgan fingerprint density at radius 1 is 1.00 bits per heavy atom. The summed E-state index contributed by atoms with van der Waals surface area (Å²) in [6, 6.07) is 12.2. The highest BCUT2D eigenvalue weighted by Gasteiger charge is 2.30. The van der Waals surface area contributed by atoms with Crippen LogP contribution in [0, 0.1) is 0 Å². The van der Waals surface area contributed by atoms with Crippen molar-refractivity contribution in [3.63, 3.8) is 0 Å². The number of nitrogens with one attached hydrogen (secondary N) is 1. The Morgan fingerprint density at radius 3 is 2.16 bits per heavy atom. The molecule has 2 aromatic carbocycles. The van der Waals surface area contributed by atoms with Crippen LogP contribution in [-0.2, 0) is 26.2 Å². The predicted molar refractivity (Wildman–Crippen MR) is 128 cm³/mol. The van der Waals surface area contributed by atoms with E-state index in [1.807, 2.05) is 13.8 Å². The van der Waals surface area contributed by atoms with Gasteiger partial charge in [0.1, 0.15) is 12.6 Å². The van der Waals surface area contributed by atoms with Gasteiger partial charge in [0.2, 0.25) is 21.8 Å². The van der Waals surface area contributed by atoms with Crippen molar-refractivity contribution < 1.29 is 18.0 Å². The molecule has 2 amide bonds. The zero-order valence-corrected chi connectivity index (χ0v) is 20.7. The number of anilines is 1. The molecule has 0 bridgehead atoms. The molecule has 2 rings (SSSR count). The molecule has 0 aromatic heterocycles. The zero-order chi connectivity index (χ0) is 24.1. The van der Waals surface area contributed by atoms with E-state index in [-0.39, 0.29) is 24.2 Å². The summed E-state index contributed by atoms with van der Waals surface area (Å²) >= 11 is 12.0. The smallest absolute Gasteiger partial charge is 0.244 e. The first kappa shape index (κ1) is 26.0. The Morgan fingerprint density at radius 2 is 1.62 bits per heavy atom. The van der Waals surface area contributed by atoms with Crippen molar-refractivity contribution in [2.24, 2.45) is 0 Å². The Hall–Kier alpha value is -2.29. The number of hydrogen-bond donors (Lipinski definition) is 1. The van der Waals surface area contributed by atoms with Gasteiger partial charge in [0.05, 0.1) is 11.9 Å². The van der Waals surface area contributed by atoms with Gasteiger partial charge in [0.25, 0.3) is 0 Å². The van der Waals surface area contributed by atoms with Crippen molar-refractivity contribution in [2.75, 3.05) is 17.1 Å². The number of hydrogen-bond acceptors (Lipinski definition) is 4. The second-order valence-electron chi connectivity index (χ2n) is 7.74. The molecule has 1 atom stereocenters. The third-order valence-corrected chi connectivity index (χ3v) is 6.27. The lowest BCUT2D eigenvalue weighted by Gasteiger charge is -2.32. The lowest BCUT2D eigenvalue weighted by molar-refractivity contribution is -0.139. The van der Waals surface area contributed by atoms with Crippen LogP contribution in [0.2, 0.25) is 10.0 Å². The fourth-order valence-corrected chi connectivity index (χ4v) is 4.17. The number of benzene rings is 2. The lowest BCUT2D eigenvalue weighted by Crippen LogP contribution is -2.52. The molecule has 0 aliphatic rings. The third-order valence-electron chi connectivity index (χ3n) is 4.64. The van der Waals surface area contributed by atoms with E-state index in [4.69, 9.17) is 23.2 Å². The van der Waals surface area contributed by atoms with E-state index in [9.17, 15) is 18.0 Å². The Bertz CT molecular complexity index is 1060. The molecule has 0 fully saturated rings. The molecule has 32 heavy (non-hydrogen) atoms. The molecule has 0 spiro atoms. The second kappa shape index (κ2) is 11.0. The van der Waals surface area contributed by atoms with E-state index in [1.165, 1.54) is 11.0 Å². The molecule has 10 heteroatoms. The first-order valence-corrected chi connectivity index (χ1v) is 12.6. The highest BCUT2D eigenvalue weighted by atomic mass is 35.5. The van der Waals surface area contributed by atoms with Crippen LogP contribution in [0.25, 0.3) is 0 Å². The molecule has 174 valence electrons. The Labute approximate surface area is 199 Å². The average Bonchev–Trinajstić information content (AvgIpc) is 2.69. The van der Waals surface area contributed by atoms with Gasteiger partial charge in [-0.3, -0.25) is 13.9 Å². The minimum atomic E-state index is -3.80. The molecule has 0 saturated carbocycles. The van der Waals surface area contributed by atoms with Crippen molar-refractivity contribution >= 4 is 50.7 Å². The van der Waals surface area contributed by atoms with Crippen molar-refractivity contribution in [2.45, 2.75) is 39.4 Å². The van der Waals surface area contributed by atoms with Gasteiger partial charge in [-0.05, 0) is 56.7 Å². The quantitative estimate of drug-likeness (QED) is 0.569. The Kier molecular flexibility index (Phi) is 8.95. The highest BCUT2D eigenvalue weighted by molar-refractivity contribution is 7.92. The van der Waals surface area contributed by atoms with Crippen LogP contribution in [0.1, 0.15) is 26.3 Å². The maximum absolute atomic E-state index is 13.3. The van der Waals surface area contributed by atoms with E-state index in [2.05, 4.69) is 5.32 Å². The summed E-state index contributed by atoms with van der Waals surface area (Å²) < 4.78 is 25.9. The largest absolute Gasteiger partial charge is 0.352 e. The predicted octanol–water partition coefficient (Wildman–Crippen LogP) is 3.70. The SMILES string of the molecule is CC(C)NC(=O)[C@H](C)N(Cc1ccc(Cl)cc1)C(=O)CN(c1cccc(Cl)c1)S(C)(=O)=O. The van der Waals surface area contributed by atoms with E-state index in [0.717, 1.165) is 16.1 Å². The van der Waals surface area contributed by atoms with Gasteiger partial charge >= 0.3 is 0 Å². The van der Waals surface area contributed by atoms with E-state index >= 15 is 0 Å².